The number of hydrogen-bond donors (Lipinski definition) is 1. The minimum Gasteiger partial charge on any atom is -0.478 e. The van der Waals surface area contributed by atoms with Gasteiger partial charge in [0.15, 0.2) is 4.96 Å². The van der Waals surface area contributed by atoms with Crippen LogP contribution in [0.1, 0.15) is 5.69 Å². The first-order valence-corrected chi connectivity index (χ1v) is 6.71. The molecule has 6 heteroatoms. The zero-order chi connectivity index (χ0) is 13.9. The van der Waals surface area contributed by atoms with Crippen LogP contribution in [0, 0.1) is 0 Å². The molecule has 3 aromatic rings. The average Bonchev–Trinajstić information content (AvgIpc) is 2.99. The number of nitrogens with zero attached hydrogens (tertiary/aromatic N) is 2. The lowest BCUT2D eigenvalue weighted by atomic mass is 10.3. The summed E-state index contributed by atoms with van der Waals surface area (Å²) in [6, 6.07) is 9.25. The number of thiazole rings is 1. The maximum atomic E-state index is 10.7. The lowest BCUT2D eigenvalue weighted by molar-refractivity contribution is -0.131. The molecule has 0 saturated heterocycles. The molecule has 1 aromatic carbocycles. The number of carboxylic acids is 1. The van der Waals surface area contributed by atoms with Crippen molar-refractivity contribution in [2.24, 2.45) is 0 Å². The summed E-state index contributed by atoms with van der Waals surface area (Å²) in [6.45, 7) is 0. The van der Waals surface area contributed by atoms with Crippen molar-refractivity contribution in [3.8, 4) is 11.6 Å². The van der Waals surface area contributed by atoms with E-state index >= 15 is 0 Å². The Balaban J connectivity index is 2.03. The van der Waals surface area contributed by atoms with Gasteiger partial charge in [0, 0.05) is 17.7 Å². The van der Waals surface area contributed by atoms with E-state index in [1.54, 1.807) is 4.40 Å². The highest BCUT2D eigenvalue weighted by Gasteiger charge is 2.13. The van der Waals surface area contributed by atoms with Crippen LogP contribution in [0.25, 0.3) is 11.0 Å². The molecule has 0 fully saturated rings. The summed E-state index contributed by atoms with van der Waals surface area (Å²) in [4.78, 5) is 15.8. The van der Waals surface area contributed by atoms with E-state index in [0.717, 1.165) is 11.0 Å². The van der Waals surface area contributed by atoms with E-state index in [0.29, 0.717) is 17.3 Å². The first-order chi connectivity index (χ1) is 9.74. The molecule has 0 bridgehead atoms. The molecular formula is C14H10N2O3S. The van der Waals surface area contributed by atoms with Crippen molar-refractivity contribution in [1.29, 1.82) is 0 Å². The Morgan fingerprint density at radius 3 is 2.90 bits per heavy atom. The van der Waals surface area contributed by atoms with E-state index in [9.17, 15) is 4.79 Å². The Kier molecular flexibility index (Phi) is 3.22. The van der Waals surface area contributed by atoms with Crippen molar-refractivity contribution >= 4 is 28.3 Å². The molecule has 0 saturated carbocycles. The van der Waals surface area contributed by atoms with E-state index in [1.165, 1.54) is 17.4 Å². The molecule has 0 spiro atoms. The SMILES string of the molecule is O=C(O)/C=C/c1c(Oc2ccccc2)nc2sccn12. The van der Waals surface area contributed by atoms with Gasteiger partial charge in [-0.15, -0.1) is 11.3 Å². The van der Waals surface area contributed by atoms with E-state index in [-0.39, 0.29) is 0 Å². The summed E-state index contributed by atoms with van der Waals surface area (Å²) in [5, 5.41) is 10.6. The third kappa shape index (κ3) is 2.41. The number of fused-ring (bicyclic) bond motifs is 1. The van der Waals surface area contributed by atoms with Crippen LogP contribution in [0.4, 0.5) is 0 Å². The maximum Gasteiger partial charge on any atom is 0.328 e. The van der Waals surface area contributed by atoms with E-state index in [1.807, 2.05) is 41.9 Å². The number of carboxylic acid groups (broad SMARTS) is 1. The summed E-state index contributed by atoms with van der Waals surface area (Å²) in [7, 11) is 0. The highest BCUT2D eigenvalue weighted by atomic mass is 32.1. The Morgan fingerprint density at radius 1 is 1.35 bits per heavy atom. The van der Waals surface area contributed by atoms with Gasteiger partial charge in [-0.25, -0.2) is 4.79 Å². The smallest absolute Gasteiger partial charge is 0.328 e. The maximum absolute atomic E-state index is 10.7. The van der Waals surface area contributed by atoms with Crippen LogP contribution in [0.2, 0.25) is 0 Å². The third-order valence-corrected chi connectivity index (χ3v) is 3.36. The summed E-state index contributed by atoms with van der Waals surface area (Å²) in [5.74, 6) is 0.0321. The van der Waals surface area contributed by atoms with Crippen molar-refractivity contribution < 1.29 is 14.6 Å². The van der Waals surface area contributed by atoms with Gasteiger partial charge in [0.2, 0.25) is 5.88 Å². The number of benzene rings is 1. The van der Waals surface area contributed by atoms with Crippen molar-refractivity contribution in [2.75, 3.05) is 0 Å². The van der Waals surface area contributed by atoms with Crippen LogP contribution < -0.4 is 4.74 Å². The molecule has 100 valence electrons. The minimum atomic E-state index is -1.01. The molecule has 0 unspecified atom stereocenters. The van der Waals surface area contributed by atoms with Crippen LogP contribution in [-0.2, 0) is 4.79 Å². The van der Waals surface area contributed by atoms with Crippen molar-refractivity contribution in [3.63, 3.8) is 0 Å². The lowest BCUT2D eigenvalue weighted by Crippen LogP contribution is -1.90. The number of aromatic nitrogens is 2. The molecule has 1 N–H and O–H groups in total. The van der Waals surface area contributed by atoms with Gasteiger partial charge in [-0.2, -0.15) is 4.98 Å². The number of hydrogen-bond acceptors (Lipinski definition) is 4. The van der Waals surface area contributed by atoms with E-state index < -0.39 is 5.97 Å². The number of ether oxygens (including phenoxy) is 1. The molecule has 5 nitrogen and oxygen atoms in total. The molecule has 0 aliphatic rings. The van der Waals surface area contributed by atoms with Crippen LogP contribution >= 0.6 is 11.3 Å². The van der Waals surface area contributed by atoms with Crippen LogP contribution in [0.3, 0.4) is 0 Å². The van der Waals surface area contributed by atoms with Gasteiger partial charge in [-0.05, 0) is 18.2 Å². The lowest BCUT2D eigenvalue weighted by Gasteiger charge is -2.02. The Bertz CT molecular complexity index is 774. The van der Waals surface area contributed by atoms with Crippen LogP contribution in [0.15, 0.2) is 48.0 Å². The highest BCUT2D eigenvalue weighted by Crippen LogP contribution is 2.28. The zero-order valence-corrected chi connectivity index (χ0v) is 11.1. The Morgan fingerprint density at radius 2 is 2.15 bits per heavy atom. The standard InChI is InChI=1S/C14H10N2O3S/c17-12(18)7-6-11-13(15-14-16(11)8-9-20-14)19-10-4-2-1-3-5-10/h1-9H,(H,17,18)/b7-6+. The summed E-state index contributed by atoms with van der Waals surface area (Å²) in [6.07, 6.45) is 4.37. The number of para-hydroxylation sites is 1. The molecule has 2 aromatic heterocycles. The molecule has 2 heterocycles. The quantitative estimate of drug-likeness (QED) is 0.747. The molecule has 0 amide bonds. The summed E-state index contributed by atoms with van der Waals surface area (Å²) < 4.78 is 7.51. The van der Waals surface area contributed by atoms with Crippen molar-refractivity contribution in [1.82, 2.24) is 9.38 Å². The van der Waals surface area contributed by atoms with Gasteiger partial charge < -0.3 is 9.84 Å². The topological polar surface area (TPSA) is 63.8 Å². The predicted molar refractivity (Wildman–Crippen MR) is 76.3 cm³/mol. The molecule has 0 radical (unpaired) electrons. The fourth-order valence-electron chi connectivity index (χ4n) is 1.76. The Hall–Kier alpha value is -2.60. The summed E-state index contributed by atoms with van der Waals surface area (Å²) in [5.41, 5.74) is 0.604. The second-order valence-electron chi connectivity index (χ2n) is 3.94. The second-order valence-corrected chi connectivity index (χ2v) is 4.82. The van der Waals surface area contributed by atoms with Crippen molar-refractivity contribution in [2.45, 2.75) is 0 Å². The Labute approximate surface area is 118 Å². The normalized spacial score (nSPS) is 11.2. The number of carbonyl (C=O) groups is 1. The monoisotopic (exact) mass is 286 g/mol. The molecule has 20 heavy (non-hydrogen) atoms. The van der Waals surface area contributed by atoms with Gasteiger partial charge in [0.1, 0.15) is 11.4 Å². The average molecular weight is 286 g/mol. The first-order valence-electron chi connectivity index (χ1n) is 5.83. The van der Waals surface area contributed by atoms with Crippen LogP contribution in [-0.4, -0.2) is 20.5 Å². The number of aliphatic carboxylic acids is 1. The van der Waals surface area contributed by atoms with Gasteiger partial charge in [0.25, 0.3) is 0 Å². The van der Waals surface area contributed by atoms with Gasteiger partial charge >= 0.3 is 5.97 Å². The fourth-order valence-corrected chi connectivity index (χ4v) is 2.47. The third-order valence-electron chi connectivity index (χ3n) is 2.61. The number of imidazole rings is 1. The molecule has 0 atom stereocenters. The van der Waals surface area contributed by atoms with Crippen molar-refractivity contribution in [3.05, 3.63) is 53.7 Å². The van der Waals surface area contributed by atoms with E-state index in [2.05, 4.69) is 4.98 Å². The minimum absolute atomic E-state index is 0.389. The summed E-state index contributed by atoms with van der Waals surface area (Å²) >= 11 is 1.46. The fraction of sp³-hybridized carbons (Fsp3) is 0. The molecule has 0 aliphatic carbocycles. The second kappa shape index (κ2) is 5.18. The number of rotatable bonds is 4. The first kappa shape index (κ1) is 12.4. The zero-order valence-electron chi connectivity index (χ0n) is 10.3. The highest BCUT2D eigenvalue weighted by molar-refractivity contribution is 7.15. The predicted octanol–water partition coefficient (Wildman–Crippen LogP) is 3.29. The van der Waals surface area contributed by atoms with Gasteiger partial charge in [-0.3, -0.25) is 4.40 Å². The molecular weight excluding hydrogens is 276 g/mol. The van der Waals surface area contributed by atoms with Gasteiger partial charge in [-0.1, -0.05) is 18.2 Å². The molecule has 3 rings (SSSR count). The van der Waals surface area contributed by atoms with Gasteiger partial charge in [0.05, 0.1) is 0 Å². The van der Waals surface area contributed by atoms with E-state index in [4.69, 9.17) is 9.84 Å². The molecule has 0 aliphatic heterocycles. The van der Waals surface area contributed by atoms with Crippen LogP contribution in [0.5, 0.6) is 11.6 Å². The largest absolute Gasteiger partial charge is 0.478 e.